The van der Waals surface area contributed by atoms with Crippen molar-refractivity contribution in [3.05, 3.63) is 68.7 Å². The Morgan fingerprint density at radius 3 is 2.81 bits per heavy atom. The number of carbonyl (C=O) groups is 1. The van der Waals surface area contributed by atoms with Crippen LogP contribution in [0.15, 0.2) is 47.6 Å². The van der Waals surface area contributed by atoms with Crippen LogP contribution in [0.25, 0.3) is 0 Å². The highest BCUT2D eigenvalue weighted by Gasteiger charge is 2.14. The number of amides is 1. The predicted octanol–water partition coefficient (Wildman–Crippen LogP) is 3.04. The fraction of sp³-hybridized carbons (Fsp3) is 0.118. The van der Waals surface area contributed by atoms with E-state index in [4.69, 9.17) is 21.6 Å². The second-order valence-corrected chi connectivity index (χ2v) is 5.46. The van der Waals surface area contributed by atoms with Crippen molar-refractivity contribution in [1.82, 2.24) is 5.43 Å². The van der Waals surface area contributed by atoms with E-state index in [1.165, 1.54) is 12.1 Å². The van der Waals surface area contributed by atoms with Gasteiger partial charge in [0.25, 0.3) is 11.6 Å². The molecular formula is C17H13ClN4O4. The highest BCUT2D eigenvalue weighted by molar-refractivity contribution is 6.32. The van der Waals surface area contributed by atoms with Crippen molar-refractivity contribution in [3.8, 4) is 11.8 Å². The van der Waals surface area contributed by atoms with Gasteiger partial charge >= 0.3 is 0 Å². The van der Waals surface area contributed by atoms with Crippen molar-refractivity contribution < 1.29 is 14.5 Å². The number of ether oxygens (including phenoxy) is 1. The van der Waals surface area contributed by atoms with Crippen molar-refractivity contribution in [2.45, 2.75) is 6.92 Å². The third-order valence-electron chi connectivity index (χ3n) is 3.28. The molecule has 1 amide bonds. The van der Waals surface area contributed by atoms with Crippen LogP contribution in [0.3, 0.4) is 0 Å². The van der Waals surface area contributed by atoms with Crippen LogP contribution >= 0.6 is 11.6 Å². The molecule has 2 rings (SSSR count). The number of nitro groups is 1. The molecule has 0 fully saturated rings. The Morgan fingerprint density at radius 1 is 1.38 bits per heavy atom. The van der Waals surface area contributed by atoms with Crippen LogP contribution in [0, 0.1) is 21.4 Å². The van der Waals surface area contributed by atoms with E-state index in [2.05, 4.69) is 10.5 Å². The summed E-state index contributed by atoms with van der Waals surface area (Å²) < 4.78 is 5.28. The number of benzene rings is 2. The van der Waals surface area contributed by atoms with E-state index in [1.54, 1.807) is 37.3 Å². The lowest BCUT2D eigenvalue weighted by Gasteiger charge is -2.07. The van der Waals surface area contributed by atoms with E-state index in [1.807, 2.05) is 6.07 Å². The van der Waals surface area contributed by atoms with E-state index in [0.29, 0.717) is 22.6 Å². The van der Waals surface area contributed by atoms with E-state index >= 15 is 0 Å². The van der Waals surface area contributed by atoms with Crippen LogP contribution < -0.4 is 10.2 Å². The zero-order chi connectivity index (χ0) is 19.1. The molecule has 0 aliphatic carbocycles. The summed E-state index contributed by atoms with van der Waals surface area (Å²) >= 11 is 5.76. The summed E-state index contributed by atoms with van der Waals surface area (Å²) in [5, 5.41) is 23.8. The van der Waals surface area contributed by atoms with Gasteiger partial charge < -0.3 is 4.74 Å². The third kappa shape index (κ3) is 4.78. The molecule has 1 N–H and O–H groups in total. The first-order chi connectivity index (χ1) is 12.4. The van der Waals surface area contributed by atoms with Crippen molar-refractivity contribution in [3.63, 3.8) is 0 Å². The van der Waals surface area contributed by atoms with Crippen LogP contribution in [-0.2, 0) is 4.79 Å². The number of hydrogen-bond acceptors (Lipinski definition) is 6. The Morgan fingerprint density at radius 2 is 2.12 bits per heavy atom. The van der Waals surface area contributed by atoms with Gasteiger partial charge in [0, 0.05) is 11.6 Å². The van der Waals surface area contributed by atoms with Gasteiger partial charge in [-0.25, -0.2) is 5.43 Å². The molecule has 9 heteroatoms. The fourth-order valence-electron chi connectivity index (χ4n) is 1.95. The van der Waals surface area contributed by atoms with Gasteiger partial charge in [-0.1, -0.05) is 29.8 Å². The van der Waals surface area contributed by atoms with Gasteiger partial charge in [0.1, 0.15) is 16.8 Å². The maximum Gasteiger partial charge on any atom is 0.288 e. The number of nitriles is 1. The molecule has 0 unspecified atom stereocenters. The minimum absolute atomic E-state index is 0.0140. The third-order valence-corrected chi connectivity index (χ3v) is 3.59. The quantitative estimate of drug-likeness (QED) is 0.475. The minimum Gasteiger partial charge on any atom is -0.482 e. The molecule has 2 aromatic rings. The molecule has 2 aromatic carbocycles. The second-order valence-electron chi connectivity index (χ2n) is 5.05. The number of nitrogens with zero attached hydrogens (tertiary/aromatic N) is 3. The van der Waals surface area contributed by atoms with Gasteiger partial charge in [-0.15, -0.1) is 0 Å². The first-order valence-electron chi connectivity index (χ1n) is 7.31. The highest BCUT2D eigenvalue weighted by atomic mass is 35.5. The average molecular weight is 373 g/mol. The normalized spacial score (nSPS) is 10.7. The molecule has 0 aliphatic heterocycles. The van der Waals surface area contributed by atoms with Gasteiger partial charge in [-0.2, -0.15) is 10.4 Å². The zero-order valence-electron chi connectivity index (χ0n) is 13.6. The van der Waals surface area contributed by atoms with Crippen LogP contribution in [-0.4, -0.2) is 23.1 Å². The Bertz CT molecular complexity index is 921. The average Bonchev–Trinajstić information content (AvgIpc) is 2.64. The van der Waals surface area contributed by atoms with Crippen LogP contribution in [0.5, 0.6) is 5.75 Å². The second kappa shape index (κ2) is 8.60. The smallest absolute Gasteiger partial charge is 0.288 e. The number of hydrazone groups is 1. The van der Waals surface area contributed by atoms with Crippen molar-refractivity contribution >= 4 is 28.9 Å². The van der Waals surface area contributed by atoms with Gasteiger partial charge in [-0.05, 0) is 25.1 Å². The highest BCUT2D eigenvalue weighted by Crippen LogP contribution is 2.25. The van der Waals surface area contributed by atoms with Crippen molar-refractivity contribution in [2.75, 3.05) is 6.61 Å². The summed E-state index contributed by atoms with van der Waals surface area (Å²) in [6.45, 7) is 1.25. The fourth-order valence-corrected chi connectivity index (χ4v) is 2.14. The number of rotatable bonds is 6. The lowest BCUT2D eigenvalue weighted by atomic mass is 10.1. The minimum atomic E-state index is -0.599. The summed E-state index contributed by atoms with van der Waals surface area (Å²) in [5.41, 5.74) is 3.15. The molecule has 0 saturated heterocycles. The maximum atomic E-state index is 11.8. The summed E-state index contributed by atoms with van der Waals surface area (Å²) in [7, 11) is 0. The SMILES string of the molecule is C/C(=N/NC(=O)COc1ccccc1C#N)c1ccc(Cl)c([N+](=O)[O-])c1. The van der Waals surface area contributed by atoms with E-state index < -0.39 is 10.8 Å². The lowest BCUT2D eigenvalue weighted by molar-refractivity contribution is -0.384. The van der Waals surface area contributed by atoms with Crippen molar-refractivity contribution in [1.29, 1.82) is 5.26 Å². The van der Waals surface area contributed by atoms with Crippen LogP contribution in [0.2, 0.25) is 5.02 Å². The molecule has 132 valence electrons. The molecule has 0 heterocycles. The molecule has 0 aliphatic rings. The summed E-state index contributed by atoms with van der Waals surface area (Å²) in [5.74, 6) is -0.250. The van der Waals surface area contributed by atoms with E-state index in [-0.39, 0.29) is 17.3 Å². The van der Waals surface area contributed by atoms with Crippen molar-refractivity contribution in [2.24, 2.45) is 5.10 Å². The number of hydrogen-bond donors (Lipinski definition) is 1. The van der Waals surface area contributed by atoms with E-state index in [9.17, 15) is 14.9 Å². The summed E-state index contributed by atoms with van der Waals surface area (Å²) in [4.78, 5) is 22.1. The van der Waals surface area contributed by atoms with Gasteiger partial charge in [0.15, 0.2) is 6.61 Å². The topological polar surface area (TPSA) is 118 Å². The van der Waals surface area contributed by atoms with Gasteiger partial charge in [0.05, 0.1) is 16.2 Å². The number of para-hydroxylation sites is 1. The molecule has 8 nitrogen and oxygen atoms in total. The number of nitro benzene ring substituents is 1. The first-order valence-corrected chi connectivity index (χ1v) is 7.69. The Hall–Kier alpha value is -3.44. The largest absolute Gasteiger partial charge is 0.482 e. The lowest BCUT2D eigenvalue weighted by Crippen LogP contribution is -2.25. The molecule has 0 radical (unpaired) electrons. The van der Waals surface area contributed by atoms with Gasteiger partial charge in [-0.3, -0.25) is 14.9 Å². The number of carbonyl (C=O) groups excluding carboxylic acids is 1. The monoisotopic (exact) mass is 372 g/mol. The Labute approximate surface area is 153 Å². The summed E-state index contributed by atoms with van der Waals surface area (Å²) in [6.07, 6.45) is 0. The predicted molar refractivity (Wildman–Crippen MR) is 95.1 cm³/mol. The first kappa shape index (κ1) is 18.9. The zero-order valence-corrected chi connectivity index (χ0v) is 14.4. The number of nitrogens with one attached hydrogen (secondary N) is 1. The molecule has 0 saturated carbocycles. The maximum absolute atomic E-state index is 11.8. The van der Waals surface area contributed by atoms with Gasteiger partial charge in [0.2, 0.25) is 0 Å². The molecule has 0 spiro atoms. The van der Waals surface area contributed by atoms with E-state index in [0.717, 1.165) is 0 Å². The Balaban J connectivity index is 2.00. The number of halogens is 1. The molecular weight excluding hydrogens is 360 g/mol. The molecule has 0 aromatic heterocycles. The van der Waals surface area contributed by atoms with Crippen LogP contribution in [0.1, 0.15) is 18.1 Å². The molecule has 26 heavy (non-hydrogen) atoms. The molecule has 0 atom stereocenters. The Kier molecular flexibility index (Phi) is 6.25. The molecule has 0 bridgehead atoms. The summed E-state index contributed by atoms with van der Waals surface area (Å²) in [6, 6.07) is 12.7. The van der Waals surface area contributed by atoms with Crippen LogP contribution in [0.4, 0.5) is 5.69 Å². The standard InChI is InChI=1S/C17H13ClN4O4/c1-11(12-6-7-14(18)15(8-12)22(24)25)20-21-17(23)10-26-16-5-3-2-4-13(16)9-19/h2-8H,10H2,1H3,(H,21,23)/b20-11-.